The van der Waals surface area contributed by atoms with Crippen LogP contribution in [0.2, 0.25) is 0 Å². The molecule has 0 atom stereocenters. The number of carbonyl (C=O) groups excluding carboxylic acids is 1. The van der Waals surface area contributed by atoms with Gasteiger partial charge in [0, 0.05) is 36.7 Å². The van der Waals surface area contributed by atoms with E-state index in [9.17, 15) is 4.79 Å². The normalized spacial score (nSPS) is 14.8. The van der Waals surface area contributed by atoms with Gasteiger partial charge < -0.3 is 14.5 Å². The number of carbonyl (C=O) groups is 1. The van der Waals surface area contributed by atoms with Gasteiger partial charge in [-0.25, -0.2) is 0 Å². The summed E-state index contributed by atoms with van der Waals surface area (Å²) in [6, 6.07) is 15.9. The summed E-state index contributed by atoms with van der Waals surface area (Å²) in [4.78, 5) is 16.6. The van der Waals surface area contributed by atoms with Crippen molar-refractivity contribution in [2.45, 2.75) is 0 Å². The lowest BCUT2D eigenvalue weighted by Crippen LogP contribution is -2.48. The minimum atomic E-state index is 0.0552. The molecule has 25 heavy (non-hydrogen) atoms. The summed E-state index contributed by atoms with van der Waals surface area (Å²) in [7, 11) is 1.69. The van der Waals surface area contributed by atoms with Gasteiger partial charge in [-0.3, -0.25) is 4.79 Å². The topological polar surface area (TPSA) is 32.8 Å². The van der Waals surface area contributed by atoms with Gasteiger partial charge in [0.1, 0.15) is 5.75 Å². The maximum atomic E-state index is 12.4. The van der Waals surface area contributed by atoms with Crippen LogP contribution in [0.1, 0.15) is 5.56 Å². The lowest BCUT2D eigenvalue weighted by molar-refractivity contribution is -0.126. The van der Waals surface area contributed by atoms with E-state index in [0.29, 0.717) is 13.1 Å². The molecule has 0 aromatic heterocycles. The van der Waals surface area contributed by atoms with E-state index < -0.39 is 0 Å². The minimum Gasteiger partial charge on any atom is -0.495 e. The number of nitrogens with zero attached hydrogens (tertiary/aromatic N) is 2. The molecule has 0 saturated carbocycles. The molecule has 3 rings (SSSR count). The van der Waals surface area contributed by atoms with Crippen LogP contribution in [-0.2, 0) is 4.79 Å². The number of hydrogen-bond donors (Lipinski definition) is 0. The van der Waals surface area contributed by atoms with E-state index in [0.717, 1.165) is 34.6 Å². The van der Waals surface area contributed by atoms with Crippen molar-refractivity contribution in [3.05, 3.63) is 64.6 Å². The van der Waals surface area contributed by atoms with Gasteiger partial charge in [0.15, 0.2) is 0 Å². The van der Waals surface area contributed by atoms with Crippen molar-refractivity contribution in [3.8, 4) is 5.75 Å². The van der Waals surface area contributed by atoms with Gasteiger partial charge in [-0.1, -0.05) is 40.2 Å². The van der Waals surface area contributed by atoms with Crippen LogP contribution in [0.5, 0.6) is 5.75 Å². The molecule has 0 bridgehead atoms. The summed E-state index contributed by atoms with van der Waals surface area (Å²) in [5.41, 5.74) is 2.09. The number of ether oxygens (including phenoxy) is 1. The molecule has 0 spiro atoms. The molecular weight excluding hydrogens is 380 g/mol. The Morgan fingerprint density at radius 1 is 1.08 bits per heavy atom. The average Bonchev–Trinajstić information content (AvgIpc) is 2.66. The van der Waals surface area contributed by atoms with Crippen molar-refractivity contribution in [1.29, 1.82) is 0 Å². The quantitative estimate of drug-likeness (QED) is 0.731. The fraction of sp³-hybridized carbons (Fsp3) is 0.250. The van der Waals surface area contributed by atoms with Crippen molar-refractivity contribution in [2.75, 3.05) is 38.2 Å². The molecule has 1 aliphatic rings. The third-order valence-electron chi connectivity index (χ3n) is 4.28. The Morgan fingerprint density at radius 2 is 1.84 bits per heavy atom. The molecule has 1 amide bonds. The first-order valence-electron chi connectivity index (χ1n) is 8.28. The molecule has 1 fully saturated rings. The van der Waals surface area contributed by atoms with Crippen LogP contribution in [0.4, 0.5) is 5.69 Å². The van der Waals surface area contributed by atoms with E-state index in [1.54, 1.807) is 13.2 Å². The highest BCUT2D eigenvalue weighted by molar-refractivity contribution is 9.10. The van der Waals surface area contributed by atoms with Crippen LogP contribution in [0.15, 0.2) is 59.1 Å². The van der Waals surface area contributed by atoms with Crippen LogP contribution >= 0.6 is 15.9 Å². The van der Waals surface area contributed by atoms with E-state index in [4.69, 9.17) is 4.74 Å². The molecule has 1 saturated heterocycles. The van der Waals surface area contributed by atoms with Crippen LogP contribution in [0.25, 0.3) is 6.08 Å². The van der Waals surface area contributed by atoms with Crippen molar-refractivity contribution in [2.24, 2.45) is 0 Å². The Kier molecular flexibility index (Phi) is 5.76. The summed E-state index contributed by atoms with van der Waals surface area (Å²) in [6.07, 6.45) is 3.51. The highest BCUT2D eigenvalue weighted by atomic mass is 79.9. The van der Waals surface area contributed by atoms with Crippen LogP contribution < -0.4 is 9.64 Å². The first-order valence-corrected chi connectivity index (χ1v) is 9.07. The van der Waals surface area contributed by atoms with Crippen LogP contribution in [0.3, 0.4) is 0 Å². The summed E-state index contributed by atoms with van der Waals surface area (Å²) in [5.74, 6) is 0.927. The van der Waals surface area contributed by atoms with Crippen molar-refractivity contribution in [1.82, 2.24) is 4.90 Å². The Bertz CT molecular complexity index is 768. The number of methoxy groups -OCH3 is 1. The lowest BCUT2D eigenvalue weighted by atomic mass is 10.2. The molecule has 2 aromatic carbocycles. The Hall–Kier alpha value is -2.27. The Balaban J connectivity index is 1.59. The first-order chi connectivity index (χ1) is 12.2. The number of hydrogen-bond acceptors (Lipinski definition) is 3. The number of amides is 1. The molecule has 2 aromatic rings. The van der Waals surface area contributed by atoms with Crippen LogP contribution in [-0.4, -0.2) is 44.1 Å². The second-order valence-corrected chi connectivity index (χ2v) is 6.79. The molecule has 0 N–H and O–H groups in total. The van der Waals surface area contributed by atoms with Gasteiger partial charge in [-0.05, 0) is 35.9 Å². The Morgan fingerprint density at radius 3 is 2.56 bits per heavy atom. The average molecular weight is 401 g/mol. The number of halogens is 1. The van der Waals surface area contributed by atoms with Crippen LogP contribution in [0, 0.1) is 0 Å². The highest BCUT2D eigenvalue weighted by Gasteiger charge is 2.21. The highest BCUT2D eigenvalue weighted by Crippen LogP contribution is 2.28. The van der Waals surface area contributed by atoms with E-state index >= 15 is 0 Å². The number of rotatable bonds is 4. The minimum absolute atomic E-state index is 0.0552. The SMILES string of the molecule is COc1ccccc1N1CCN(C(=O)/C=C/c2cccc(Br)c2)CC1. The predicted octanol–water partition coefficient (Wildman–Crippen LogP) is 3.82. The first kappa shape index (κ1) is 17.5. The number of para-hydroxylation sites is 2. The van der Waals surface area contributed by atoms with Gasteiger partial charge >= 0.3 is 0 Å². The maximum Gasteiger partial charge on any atom is 0.246 e. The third kappa shape index (κ3) is 4.42. The molecule has 1 heterocycles. The number of anilines is 1. The molecule has 130 valence electrons. The molecule has 4 nitrogen and oxygen atoms in total. The third-order valence-corrected chi connectivity index (χ3v) is 4.78. The van der Waals surface area contributed by atoms with E-state index in [1.807, 2.05) is 53.4 Å². The number of benzene rings is 2. The molecule has 1 aliphatic heterocycles. The van der Waals surface area contributed by atoms with Gasteiger partial charge in [0.2, 0.25) is 5.91 Å². The van der Waals surface area contributed by atoms with Crippen molar-refractivity contribution in [3.63, 3.8) is 0 Å². The monoisotopic (exact) mass is 400 g/mol. The molecule has 0 unspecified atom stereocenters. The maximum absolute atomic E-state index is 12.4. The van der Waals surface area contributed by atoms with Gasteiger partial charge in [-0.15, -0.1) is 0 Å². The molecule has 5 heteroatoms. The van der Waals surface area contributed by atoms with Crippen molar-refractivity contribution < 1.29 is 9.53 Å². The lowest BCUT2D eigenvalue weighted by Gasteiger charge is -2.36. The second-order valence-electron chi connectivity index (χ2n) is 5.87. The summed E-state index contributed by atoms with van der Waals surface area (Å²) in [6.45, 7) is 3.02. The molecule has 0 radical (unpaired) electrons. The Labute approximate surface area is 156 Å². The van der Waals surface area contributed by atoms with E-state index in [2.05, 4.69) is 26.9 Å². The largest absolute Gasteiger partial charge is 0.495 e. The van der Waals surface area contributed by atoms with E-state index in [-0.39, 0.29) is 5.91 Å². The number of piperazine rings is 1. The fourth-order valence-corrected chi connectivity index (χ4v) is 3.36. The van der Waals surface area contributed by atoms with Gasteiger partial charge in [0.05, 0.1) is 12.8 Å². The standard InChI is InChI=1S/C20H21BrN2O2/c1-25-19-8-3-2-7-18(19)22-11-13-23(14-12-22)20(24)10-9-16-5-4-6-17(21)15-16/h2-10,15H,11-14H2,1H3/b10-9+. The summed E-state index contributed by atoms with van der Waals surface area (Å²) >= 11 is 3.44. The zero-order chi connectivity index (χ0) is 17.6. The predicted molar refractivity (Wildman–Crippen MR) is 105 cm³/mol. The van der Waals surface area contributed by atoms with Gasteiger partial charge in [-0.2, -0.15) is 0 Å². The second kappa shape index (κ2) is 8.21. The molecule has 0 aliphatic carbocycles. The van der Waals surface area contributed by atoms with Crippen molar-refractivity contribution >= 4 is 33.6 Å². The zero-order valence-corrected chi connectivity index (χ0v) is 15.8. The zero-order valence-electron chi connectivity index (χ0n) is 14.2. The summed E-state index contributed by atoms with van der Waals surface area (Å²) in [5, 5.41) is 0. The fourth-order valence-electron chi connectivity index (χ4n) is 2.94. The summed E-state index contributed by atoms with van der Waals surface area (Å²) < 4.78 is 6.44. The smallest absolute Gasteiger partial charge is 0.246 e. The van der Waals surface area contributed by atoms with Gasteiger partial charge in [0.25, 0.3) is 0 Å². The molecular formula is C20H21BrN2O2. The van der Waals surface area contributed by atoms with E-state index in [1.165, 1.54) is 0 Å².